The summed E-state index contributed by atoms with van der Waals surface area (Å²) in [4.78, 5) is 16.8. The van der Waals surface area contributed by atoms with E-state index in [-0.39, 0.29) is 24.1 Å². The maximum absolute atomic E-state index is 12.9. The van der Waals surface area contributed by atoms with Gasteiger partial charge in [-0.25, -0.2) is 4.39 Å². The minimum Gasteiger partial charge on any atom is -0.326 e. The molecule has 1 amide bonds. The highest BCUT2D eigenvalue weighted by molar-refractivity contribution is 5.90. The molecule has 5 heteroatoms. The first-order valence-corrected chi connectivity index (χ1v) is 9.57. The summed E-state index contributed by atoms with van der Waals surface area (Å²) in [6.45, 7) is 0. The summed E-state index contributed by atoms with van der Waals surface area (Å²) >= 11 is 0. The summed E-state index contributed by atoms with van der Waals surface area (Å²) < 4.78 is 12.9. The summed E-state index contributed by atoms with van der Waals surface area (Å²) in [5.74, 6) is 0.653. The monoisotopic (exact) mass is 398 g/mol. The number of anilines is 1. The highest BCUT2D eigenvalue weighted by Crippen LogP contribution is 2.37. The minimum absolute atomic E-state index is 0. The Hall–Kier alpha value is -2.46. The zero-order chi connectivity index (χ0) is 18.6. The van der Waals surface area contributed by atoms with Crippen molar-refractivity contribution in [3.8, 4) is 0 Å². The van der Waals surface area contributed by atoms with Gasteiger partial charge >= 0.3 is 0 Å². The zero-order valence-electron chi connectivity index (χ0n) is 15.6. The molecule has 146 valence electrons. The molecule has 0 atom stereocenters. The van der Waals surface area contributed by atoms with Crippen LogP contribution in [0.5, 0.6) is 0 Å². The van der Waals surface area contributed by atoms with Crippen LogP contribution in [-0.4, -0.2) is 10.9 Å². The normalized spacial score (nSPS) is 19.0. The molecule has 0 spiro atoms. The second-order valence-electron chi connectivity index (χ2n) is 7.44. The van der Waals surface area contributed by atoms with Gasteiger partial charge in [0.1, 0.15) is 5.82 Å². The number of carbonyl (C=O) groups excluding carboxylic acids is 1. The number of benzene rings is 2. The maximum atomic E-state index is 12.9. The molecule has 1 aromatic heterocycles. The Morgan fingerprint density at radius 2 is 1.75 bits per heavy atom. The second-order valence-corrected chi connectivity index (χ2v) is 7.44. The summed E-state index contributed by atoms with van der Waals surface area (Å²) in [6, 6.07) is 16.4. The van der Waals surface area contributed by atoms with Gasteiger partial charge in [-0.15, -0.1) is 12.4 Å². The van der Waals surface area contributed by atoms with Crippen LogP contribution in [0, 0.1) is 11.7 Å². The van der Waals surface area contributed by atoms with Crippen LogP contribution >= 0.6 is 12.4 Å². The molecule has 0 aliphatic heterocycles. The number of hydrogen-bond donors (Lipinski definition) is 1. The van der Waals surface area contributed by atoms with Gasteiger partial charge in [0, 0.05) is 23.7 Å². The van der Waals surface area contributed by atoms with Gasteiger partial charge in [-0.3, -0.25) is 9.78 Å². The van der Waals surface area contributed by atoms with Crippen LogP contribution in [0.25, 0.3) is 10.9 Å². The maximum Gasteiger partial charge on any atom is 0.224 e. The summed E-state index contributed by atoms with van der Waals surface area (Å²) in [7, 11) is 0. The number of nitrogens with one attached hydrogen (secondary N) is 1. The number of fused-ring (bicyclic) bond motifs is 1. The number of pyridine rings is 1. The van der Waals surface area contributed by atoms with Gasteiger partial charge in [-0.2, -0.15) is 0 Å². The number of amides is 1. The van der Waals surface area contributed by atoms with Crippen LogP contribution in [0.1, 0.15) is 43.6 Å². The molecule has 1 aliphatic rings. The molecule has 0 unspecified atom stereocenters. The smallest absolute Gasteiger partial charge is 0.224 e. The van der Waals surface area contributed by atoms with Gasteiger partial charge < -0.3 is 5.32 Å². The van der Waals surface area contributed by atoms with E-state index in [1.807, 2.05) is 24.4 Å². The molecule has 3 aromatic rings. The Labute approximate surface area is 170 Å². The number of hydrogen-bond acceptors (Lipinski definition) is 2. The van der Waals surface area contributed by atoms with Crippen molar-refractivity contribution in [3.63, 3.8) is 0 Å². The third-order valence-corrected chi connectivity index (χ3v) is 5.53. The molecular formula is C23H24ClFN2O. The third kappa shape index (κ3) is 4.87. The Morgan fingerprint density at radius 1 is 1.04 bits per heavy atom. The van der Waals surface area contributed by atoms with Gasteiger partial charge in [-0.05, 0) is 79.5 Å². The summed E-state index contributed by atoms with van der Waals surface area (Å²) in [6.07, 6.45) is 6.82. The van der Waals surface area contributed by atoms with E-state index in [1.54, 1.807) is 12.1 Å². The van der Waals surface area contributed by atoms with Crippen LogP contribution in [0.2, 0.25) is 0 Å². The van der Waals surface area contributed by atoms with Gasteiger partial charge in [0.05, 0.1) is 5.52 Å². The molecule has 0 radical (unpaired) electrons. The molecule has 1 heterocycles. The van der Waals surface area contributed by atoms with Gasteiger partial charge in [0.2, 0.25) is 5.91 Å². The fourth-order valence-corrected chi connectivity index (χ4v) is 4.02. The number of para-hydroxylation sites is 1. The SMILES string of the molecule is Cl.O=C(CC1CCC(c2cnc3ccccc3c2)CC1)Nc1ccc(F)cc1. The van der Waals surface area contributed by atoms with Crippen molar-refractivity contribution in [2.24, 2.45) is 5.92 Å². The lowest BCUT2D eigenvalue weighted by atomic mass is 9.77. The van der Waals surface area contributed by atoms with Crippen molar-refractivity contribution in [2.45, 2.75) is 38.0 Å². The lowest BCUT2D eigenvalue weighted by molar-refractivity contribution is -0.117. The van der Waals surface area contributed by atoms with Gasteiger partial charge in [0.25, 0.3) is 0 Å². The van der Waals surface area contributed by atoms with Crippen LogP contribution < -0.4 is 5.32 Å². The summed E-state index contributed by atoms with van der Waals surface area (Å²) in [5.41, 5.74) is 2.99. The Bertz CT molecular complexity index is 937. The molecule has 1 aliphatic carbocycles. The predicted octanol–water partition coefficient (Wildman–Crippen LogP) is 6.10. The van der Waals surface area contributed by atoms with Crippen molar-refractivity contribution in [2.75, 3.05) is 5.32 Å². The molecule has 0 saturated heterocycles. The van der Waals surface area contributed by atoms with E-state index in [0.717, 1.165) is 31.2 Å². The molecule has 1 N–H and O–H groups in total. The number of aromatic nitrogens is 1. The lowest BCUT2D eigenvalue weighted by Gasteiger charge is -2.28. The van der Waals surface area contributed by atoms with Gasteiger partial charge in [0.15, 0.2) is 0 Å². The van der Waals surface area contributed by atoms with Crippen molar-refractivity contribution in [1.82, 2.24) is 4.98 Å². The predicted molar refractivity (Wildman–Crippen MR) is 113 cm³/mol. The van der Waals surface area contributed by atoms with E-state index < -0.39 is 0 Å². The van der Waals surface area contributed by atoms with Crippen molar-refractivity contribution in [3.05, 3.63) is 72.2 Å². The fourth-order valence-electron chi connectivity index (χ4n) is 4.02. The molecule has 28 heavy (non-hydrogen) atoms. The largest absolute Gasteiger partial charge is 0.326 e. The highest BCUT2D eigenvalue weighted by atomic mass is 35.5. The quantitative estimate of drug-likeness (QED) is 0.577. The third-order valence-electron chi connectivity index (χ3n) is 5.53. The number of nitrogens with zero attached hydrogens (tertiary/aromatic N) is 1. The standard InChI is InChI=1S/C23H23FN2O.ClH/c24-20-9-11-21(12-10-20)26-23(27)13-16-5-7-17(8-6-16)19-14-18-3-1-2-4-22(18)25-15-19;/h1-4,9-12,14-17H,5-8,13H2,(H,26,27);1H. The first-order chi connectivity index (χ1) is 13.2. The van der Waals surface area contributed by atoms with Crippen molar-refractivity contribution in [1.29, 1.82) is 0 Å². The number of carbonyl (C=O) groups is 1. The topological polar surface area (TPSA) is 42.0 Å². The lowest BCUT2D eigenvalue weighted by Crippen LogP contribution is -2.20. The van der Waals surface area contributed by atoms with Crippen LogP contribution in [0.4, 0.5) is 10.1 Å². The molecular weight excluding hydrogens is 375 g/mol. The second kappa shape index (κ2) is 9.16. The first kappa shape index (κ1) is 20.3. The number of halogens is 2. The Kier molecular flexibility index (Phi) is 6.63. The average Bonchev–Trinajstić information content (AvgIpc) is 2.70. The average molecular weight is 399 g/mol. The fraction of sp³-hybridized carbons (Fsp3) is 0.304. The van der Waals surface area contributed by atoms with Crippen molar-refractivity contribution >= 4 is 34.9 Å². The van der Waals surface area contributed by atoms with E-state index in [0.29, 0.717) is 23.9 Å². The molecule has 0 bridgehead atoms. The Morgan fingerprint density at radius 3 is 2.50 bits per heavy atom. The first-order valence-electron chi connectivity index (χ1n) is 9.57. The molecule has 2 aromatic carbocycles. The molecule has 1 saturated carbocycles. The van der Waals surface area contributed by atoms with Crippen molar-refractivity contribution < 1.29 is 9.18 Å². The van der Waals surface area contributed by atoms with E-state index in [4.69, 9.17) is 0 Å². The van der Waals surface area contributed by atoms with Crippen LogP contribution in [-0.2, 0) is 4.79 Å². The zero-order valence-corrected chi connectivity index (χ0v) is 16.4. The number of rotatable bonds is 4. The Balaban J connectivity index is 0.00000225. The van der Waals surface area contributed by atoms with E-state index in [9.17, 15) is 9.18 Å². The van der Waals surface area contributed by atoms with E-state index in [1.165, 1.54) is 23.1 Å². The molecule has 1 fully saturated rings. The highest BCUT2D eigenvalue weighted by Gasteiger charge is 2.24. The van der Waals surface area contributed by atoms with E-state index >= 15 is 0 Å². The minimum atomic E-state index is -0.297. The van der Waals surface area contributed by atoms with Crippen LogP contribution in [0.15, 0.2) is 60.8 Å². The summed E-state index contributed by atoms with van der Waals surface area (Å²) in [5, 5.41) is 4.05. The van der Waals surface area contributed by atoms with E-state index in [2.05, 4.69) is 22.4 Å². The molecule has 4 rings (SSSR count). The van der Waals surface area contributed by atoms with Gasteiger partial charge in [-0.1, -0.05) is 18.2 Å². The van der Waals surface area contributed by atoms with Crippen LogP contribution in [0.3, 0.4) is 0 Å². The molecule has 3 nitrogen and oxygen atoms in total.